The van der Waals surface area contributed by atoms with E-state index in [0.717, 1.165) is 25.0 Å². The van der Waals surface area contributed by atoms with E-state index in [1.54, 1.807) is 9.80 Å². The molecular formula is C18H19F3N2O2. The van der Waals surface area contributed by atoms with Crippen molar-refractivity contribution in [3.63, 3.8) is 0 Å². The van der Waals surface area contributed by atoms with Gasteiger partial charge in [0.2, 0.25) is 11.8 Å². The van der Waals surface area contributed by atoms with E-state index in [9.17, 15) is 22.8 Å². The molecule has 1 saturated heterocycles. The van der Waals surface area contributed by atoms with Crippen molar-refractivity contribution in [3.8, 4) is 0 Å². The number of hydrogen-bond donors (Lipinski definition) is 0. The van der Waals surface area contributed by atoms with Gasteiger partial charge in [0.15, 0.2) is 0 Å². The van der Waals surface area contributed by atoms with Crippen molar-refractivity contribution in [2.75, 3.05) is 26.2 Å². The number of halogens is 3. The molecule has 25 heavy (non-hydrogen) atoms. The summed E-state index contributed by atoms with van der Waals surface area (Å²) in [7, 11) is 0. The standard InChI is InChI=1S/C18H19F3N2O2/c19-18(20,21)15-3-1-2-13(12-15)4-7-16(24)22-8-10-23(11-9-22)17(25)14-5-6-14/h1-4,7,12,14H,5-6,8-11H2. The van der Waals surface area contributed by atoms with E-state index in [-0.39, 0.29) is 17.7 Å². The van der Waals surface area contributed by atoms with Crippen LogP contribution in [0.1, 0.15) is 24.0 Å². The summed E-state index contributed by atoms with van der Waals surface area (Å²) in [6.07, 6.45) is 0.181. The van der Waals surface area contributed by atoms with Gasteiger partial charge in [-0.25, -0.2) is 0 Å². The van der Waals surface area contributed by atoms with Crippen LogP contribution < -0.4 is 0 Å². The number of hydrogen-bond acceptors (Lipinski definition) is 2. The number of carbonyl (C=O) groups is 2. The summed E-state index contributed by atoms with van der Waals surface area (Å²) in [5, 5.41) is 0. The van der Waals surface area contributed by atoms with Crippen molar-refractivity contribution in [1.82, 2.24) is 9.80 Å². The highest BCUT2D eigenvalue weighted by atomic mass is 19.4. The molecule has 2 aliphatic rings. The van der Waals surface area contributed by atoms with Gasteiger partial charge in [-0.05, 0) is 36.6 Å². The molecule has 2 amide bonds. The second kappa shape index (κ2) is 6.90. The Morgan fingerprint density at radius 1 is 1.04 bits per heavy atom. The fraction of sp³-hybridized carbons (Fsp3) is 0.444. The third-order valence-electron chi connectivity index (χ3n) is 4.46. The first kappa shape index (κ1) is 17.5. The largest absolute Gasteiger partial charge is 0.416 e. The first-order valence-corrected chi connectivity index (χ1v) is 8.27. The van der Waals surface area contributed by atoms with Gasteiger partial charge in [0.1, 0.15) is 0 Å². The van der Waals surface area contributed by atoms with Crippen molar-refractivity contribution in [3.05, 3.63) is 41.5 Å². The fourth-order valence-electron chi connectivity index (χ4n) is 2.83. The van der Waals surface area contributed by atoms with E-state index < -0.39 is 11.7 Å². The lowest BCUT2D eigenvalue weighted by Crippen LogP contribution is -2.50. The van der Waals surface area contributed by atoms with Gasteiger partial charge in [-0.1, -0.05) is 12.1 Å². The van der Waals surface area contributed by atoms with Crippen LogP contribution in [0.2, 0.25) is 0 Å². The minimum atomic E-state index is -4.40. The predicted molar refractivity (Wildman–Crippen MR) is 86.4 cm³/mol. The van der Waals surface area contributed by atoms with Crippen molar-refractivity contribution in [2.24, 2.45) is 5.92 Å². The summed E-state index contributed by atoms with van der Waals surface area (Å²) in [6, 6.07) is 4.84. The smallest absolute Gasteiger partial charge is 0.339 e. The molecule has 1 heterocycles. The average molecular weight is 352 g/mol. The molecule has 7 heteroatoms. The topological polar surface area (TPSA) is 40.6 Å². The molecule has 0 atom stereocenters. The van der Waals surface area contributed by atoms with Gasteiger partial charge in [-0.15, -0.1) is 0 Å². The third kappa shape index (κ3) is 4.41. The van der Waals surface area contributed by atoms with E-state index in [2.05, 4.69) is 0 Å². The minimum Gasteiger partial charge on any atom is -0.339 e. The van der Waals surface area contributed by atoms with Crippen LogP contribution in [0.5, 0.6) is 0 Å². The van der Waals surface area contributed by atoms with Gasteiger partial charge >= 0.3 is 6.18 Å². The molecule has 0 unspecified atom stereocenters. The van der Waals surface area contributed by atoms with Crippen LogP contribution in [0.25, 0.3) is 6.08 Å². The zero-order chi connectivity index (χ0) is 18.0. The molecule has 134 valence electrons. The van der Waals surface area contributed by atoms with Crippen LogP contribution in [0.3, 0.4) is 0 Å². The maximum absolute atomic E-state index is 12.7. The molecule has 4 nitrogen and oxygen atoms in total. The van der Waals surface area contributed by atoms with Gasteiger partial charge in [0.05, 0.1) is 5.56 Å². The number of nitrogens with zero attached hydrogens (tertiary/aromatic N) is 2. The molecule has 0 bridgehead atoms. The highest BCUT2D eigenvalue weighted by Crippen LogP contribution is 2.31. The molecule has 0 spiro atoms. The highest BCUT2D eigenvalue weighted by Gasteiger charge is 2.35. The van der Waals surface area contributed by atoms with E-state index in [1.165, 1.54) is 24.3 Å². The molecule has 0 N–H and O–H groups in total. The number of piperazine rings is 1. The fourth-order valence-corrected chi connectivity index (χ4v) is 2.83. The van der Waals surface area contributed by atoms with Gasteiger partial charge in [0, 0.05) is 38.2 Å². The molecule has 1 aromatic carbocycles. The Bertz CT molecular complexity index is 688. The van der Waals surface area contributed by atoms with Gasteiger partial charge < -0.3 is 9.80 Å². The van der Waals surface area contributed by atoms with E-state index in [1.807, 2.05) is 0 Å². The lowest BCUT2D eigenvalue weighted by molar-refractivity contribution is -0.138. The first-order chi connectivity index (χ1) is 11.8. The van der Waals surface area contributed by atoms with E-state index in [4.69, 9.17) is 0 Å². The second-order valence-electron chi connectivity index (χ2n) is 6.38. The number of rotatable bonds is 3. The Hall–Kier alpha value is -2.31. The Morgan fingerprint density at radius 2 is 1.68 bits per heavy atom. The lowest BCUT2D eigenvalue weighted by atomic mass is 10.1. The Morgan fingerprint density at radius 3 is 2.28 bits per heavy atom. The van der Waals surface area contributed by atoms with Crippen molar-refractivity contribution in [1.29, 1.82) is 0 Å². The zero-order valence-corrected chi connectivity index (χ0v) is 13.6. The molecule has 1 saturated carbocycles. The molecule has 1 aliphatic heterocycles. The van der Waals surface area contributed by atoms with Crippen LogP contribution in [-0.2, 0) is 15.8 Å². The maximum atomic E-state index is 12.7. The van der Waals surface area contributed by atoms with Crippen LogP contribution in [-0.4, -0.2) is 47.8 Å². The first-order valence-electron chi connectivity index (χ1n) is 8.27. The SMILES string of the molecule is O=C(C=Cc1cccc(C(F)(F)F)c1)N1CCN(C(=O)C2CC2)CC1. The second-order valence-corrected chi connectivity index (χ2v) is 6.38. The number of carbonyl (C=O) groups excluding carboxylic acids is 2. The van der Waals surface area contributed by atoms with Crippen LogP contribution in [0.4, 0.5) is 13.2 Å². The summed E-state index contributed by atoms with van der Waals surface area (Å²) < 4.78 is 38.1. The normalized spacial score (nSPS) is 18.7. The molecule has 2 fully saturated rings. The maximum Gasteiger partial charge on any atom is 0.416 e. The molecular weight excluding hydrogens is 333 g/mol. The summed E-state index contributed by atoms with van der Waals surface area (Å²) >= 11 is 0. The minimum absolute atomic E-state index is 0.169. The van der Waals surface area contributed by atoms with Crippen molar-refractivity contribution >= 4 is 17.9 Å². The molecule has 0 radical (unpaired) electrons. The molecule has 3 rings (SSSR count). The molecule has 1 aliphatic carbocycles. The highest BCUT2D eigenvalue weighted by molar-refractivity contribution is 5.92. The van der Waals surface area contributed by atoms with Crippen LogP contribution >= 0.6 is 0 Å². The zero-order valence-electron chi connectivity index (χ0n) is 13.6. The summed E-state index contributed by atoms with van der Waals surface area (Å²) in [6.45, 7) is 1.92. The van der Waals surface area contributed by atoms with Crippen LogP contribution in [0.15, 0.2) is 30.3 Å². The predicted octanol–water partition coefficient (Wildman–Crippen LogP) is 2.80. The van der Waals surface area contributed by atoms with Gasteiger partial charge in [0.25, 0.3) is 0 Å². The third-order valence-corrected chi connectivity index (χ3v) is 4.46. The average Bonchev–Trinajstić information content (AvgIpc) is 3.44. The molecule has 0 aromatic heterocycles. The van der Waals surface area contributed by atoms with E-state index in [0.29, 0.717) is 31.7 Å². The van der Waals surface area contributed by atoms with Gasteiger partial charge in [-0.2, -0.15) is 13.2 Å². The molecule has 1 aromatic rings. The Kier molecular flexibility index (Phi) is 4.83. The van der Waals surface area contributed by atoms with Crippen molar-refractivity contribution < 1.29 is 22.8 Å². The number of benzene rings is 1. The Labute approximate surface area is 143 Å². The van der Waals surface area contributed by atoms with Gasteiger partial charge in [-0.3, -0.25) is 9.59 Å². The summed E-state index contributed by atoms with van der Waals surface area (Å²) in [4.78, 5) is 27.6. The summed E-state index contributed by atoms with van der Waals surface area (Å²) in [5.74, 6) is 0.0885. The quantitative estimate of drug-likeness (QED) is 0.785. The van der Waals surface area contributed by atoms with E-state index >= 15 is 0 Å². The number of amides is 2. The number of alkyl halides is 3. The lowest BCUT2D eigenvalue weighted by Gasteiger charge is -2.34. The van der Waals surface area contributed by atoms with Crippen LogP contribution in [0, 0.1) is 5.92 Å². The Balaban J connectivity index is 1.56. The summed E-state index contributed by atoms with van der Waals surface area (Å²) in [5.41, 5.74) is -0.417. The van der Waals surface area contributed by atoms with Crippen molar-refractivity contribution in [2.45, 2.75) is 19.0 Å². The monoisotopic (exact) mass is 352 g/mol.